The number of anilines is 1. The second-order valence-electron chi connectivity index (χ2n) is 6.94. The van der Waals surface area contributed by atoms with E-state index in [0.29, 0.717) is 0 Å². The standard InChI is InChI=1S/C22H27N3O2/c1-16(25-15-9-8-14-20(25)22(27)23-2)21(26)24-19-13-7-6-12-18(19)17-10-4-3-5-11-17/h3-7,10-13,16,20H,8-9,14-15H2,1-2H3,(H,23,27)(H,24,26)/t16-,20-/m1/s1. The van der Waals surface area contributed by atoms with Crippen molar-refractivity contribution in [1.82, 2.24) is 10.2 Å². The van der Waals surface area contributed by atoms with Crippen molar-refractivity contribution >= 4 is 17.5 Å². The molecule has 5 heteroatoms. The predicted octanol–water partition coefficient (Wildman–Crippen LogP) is 3.28. The van der Waals surface area contributed by atoms with Gasteiger partial charge in [-0.1, -0.05) is 55.0 Å². The highest BCUT2D eigenvalue weighted by molar-refractivity contribution is 5.98. The van der Waals surface area contributed by atoms with Crippen LogP contribution < -0.4 is 10.6 Å². The van der Waals surface area contributed by atoms with Crippen LogP contribution in [0.5, 0.6) is 0 Å². The molecule has 2 N–H and O–H groups in total. The minimum Gasteiger partial charge on any atom is -0.358 e. The van der Waals surface area contributed by atoms with Gasteiger partial charge in [-0.25, -0.2) is 0 Å². The van der Waals surface area contributed by atoms with Crippen LogP contribution >= 0.6 is 0 Å². The number of hydrogen-bond acceptors (Lipinski definition) is 3. The maximum atomic E-state index is 13.0. The number of likely N-dealkylation sites (N-methyl/N-ethyl adjacent to an activating group) is 1. The van der Waals surface area contributed by atoms with Crippen LogP contribution in [0.25, 0.3) is 11.1 Å². The highest BCUT2D eigenvalue weighted by Crippen LogP contribution is 2.28. The fourth-order valence-electron chi connectivity index (χ4n) is 3.71. The Morgan fingerprint density at radius 3 is 2.48 bits per heavy atom. The number of nitrogens with one attached hydrogen (secondary N) is 2. The Bertz CT molecular complexity index is 791. The van der Waals surface area contributed by atoms with Crippen molar-refractivity contribution in [3.05, 3.63) is 54.6 Å². The third-order valence-electron chi connectivity index (χ3n) is 5.24. The first-order valence-corrected chi connectivity index (χ1v) is 9.54. The molecule has 0 radical (unpaired) electrons. The third-order valence-corrected chi connectivity index (χ3v) is 5.24. The fourth-order valence-corrected chi connectivity index (χ4v) is 3.71. The number of carbonyl (C=O) groups is 2. The van der Waals surface area contributed by atoms with Crippen LogP contribution in [0.15, 0.2) is 54.6 Å². The van der Waals surface area contributed by atoms with E-state index in [1.165, 1.54) is 0 Å². The maximum absolute atomic E-state index is 13.0. The summed E-state index contributed by atoms with van der Waals surface area (Å²) in [6.45, 7) is 2.63. The largest absolute Gasteiger partial charge is 0.358 e. The van der Waals surface area contributed by atoms with Crippen LogP contribution in [0, 0.1) is 0 Å². The van der Waals surface area contributed by atoms with E-state index < -0.39 is 0 Å². The van der Waals surface area contributed by atoms with Crippen molar-refractivity contribution in [1.29, 1.82) is 0 Å². The molecule has 5 nitrogen and oxygen atoms in total. The lowest BCUT2D eigenvalue weighted by Gasteiger charge is -2.37. The Hall–Kier alpha value is -2.66. The highest BCUT2D eigenvalue weighted by Gasteiger charge is 2.34. The van der Waals surface area contributed by atoms with Gasteiger partial charge in [0.2, 0.25) is 11.8 Å². The average molecular weight is 365 g/mol. The number of rotatable bonds is 5. The van der Waals surface area contributed by atoms with E-state index in [1.54, 1.807) is 7.05 Å². The van der Waals surface area contributed by atoms with Gasteiger partial charge in [0, 0.05) is 18.3 Å². The van der Waals surface area contributed by atoms with Gasteiger partial charge in [0.25, 0.3) is 0 Å². The normalized spacial score (nSPS) is 18.5. The van der Waals surface area contributed by atoms with Crippen molar-refractivity contribution in [3.8, 4) is 11.1 Å². The van der Waals surface area contributed by atoms with Crippen LogP contribution in [-0.4, -0.2) is 42.4 Å². The van der Waals surface area contributed by atoms with Gasteiger partial charge in [-0.3, -0.25) is 14.5 Å². The molecule has 1 saturated heterocycles. The minimum absolute atomic E-state index is 0.0148. The summed E-state index contributed by atoms with van der Waals surface area (Å²) >= 11 is 0. The number of amides is 2. The molecule has 2 aromatic carbocycles. The molecule has 0 saturated carbocycles. The van der Waals surface area contributed by atoms with E-state index >= 15 is 0 Å². The Kier molecular flexibility index (Phi) is 6.24. The molecule has 0 aromatic heterocycles. The number of carbonyl (C=O) groups excluding carboxylic acids is 2. The summed E-state index contributed by atoms with van der Waals surface area (Å²) in [5.41, 5.74) is 2.83. The molecule has 2 amide bonds. The van der Waals surface area contributed by atoms with Gasteiger partial charge in [0.05, 0.1) is 12.1 Å². The van der Waals surface area contributed by atoms with Crippen molar-refractivity contribution in [2.24, 2.45) is 0 Å². The van der Waals surface area contributed by atoms with Gasteiger partial charge < -0.3 is 10.6 Å². The second-order valence-corrected chi connectivity index (χ2v) is 6.94. The van der Waals surface area contributed by atoms with E-state index in [0.717, 1.165) is 42.6 Å². The zero-order valence-corrected chi connectivity index (χ0v) is 15.9. The van der Waals surface area contributed by atoms with Gasteiger partial charge in [0.15, 0.2) is 0 Å². The maximum Gasteiger partial charge on any atom is 0.241 e. The zero-order chi connectivity index (χ0) is 19.2. The fraction of sp³-hybridized carbons (Fsp3) is 0.364. The van der Waals surface area contributed by atoms with E-state index in [-0.39, 0.29) is 23.9 Å². The van der Waals surface area contributed by atoms with Crippen LogP contribution in [0.3, 0.4) is 0 Å². The van der Waals surface area contributed by atoms with Gasteiger partial charge in [-0.05, 0) is 37.9 Å². The van der Waals surface area contributed by atoms with Crippen molar-refractivity contribution in [3.63, 3.8) is 0 Å². The second kappa shape index (κ2) is 8.82. The summed E-state index contributed by atoms with van der Waals surface area (Å²) in [7, 11) is 1.65. The summed E-state index contributed by atoms with van der Waals surface area (Å²) in [6.07, 6.45) is 2.81. The molecule has 0 spiro atoms. The monoisotopic (exact) mass is 365 g/mol. The van der Waals surface area contributed by atoms with Crippen LogP contribution in [0.1, 0.15) is 26.2 Å². The van der Waals surface area contributed by atoms with E-state index in [4.69, 9.17) is 0 Å². The molecule has 1 heterocycles. The smallest absolute Gasteiger partial charge is 0.241 e. The van der Waals surface area contributed by atoms with Crippen molar-refractivity contribution in [2.45, 2.75) is 38.3 Å². The molecule has 2 aromatic rings. The summed E-state index contributed by atoms with van der Waals surface area (Å²) in [4.78, 5) is 27.2. The highest BCUT2D eigenvalue weighted by atomic mass is 16.2. The molecule has 2 atom stereocenters. The summed E-state index contributed by atoms with van der Waals surface area (Å²) in [6, 6.07) is 17.2. The molecule has 1 aliphatic heterocycles. The first kappa shape index (κ1) is 19.1. The first-order chi connectivity index (χ1) is 13.1. The van der Waals surface area contributed by atoms with Gasteiger partial charge in [0.1, 0.15) is 0 Å². The molecule has 3 rings (SSSR count). The van der Waals surface area contributed by atoms with Crippen molar-refractivity contribution < 1.29 is 9.59 Å². The Morgan fingerprint density at radius 2 is 1.74 bits per heavy atom. The third kappa shape index (κ3) is 4.37. The van der Waals surface area contributed by atoms with E-state index in [9.17, 15) is 9.59 Å². The number of piperidine rings is 1. The number of likely N-dealkylation sites (tertiary alicyclic amines) is 1. The van der Waals surface area contributed by atoms with E-state index in [2.05, 4.69) is 10.6 Å². The number of benzene rings is 2. The van der Waals surface area contributed by atoms with E-state index in [1.807, 2.05) is 66.4 Å². The molecular weight excluding hydrogens is 338 g/mol. The lowest BCUT2D eigenvalue weighted by molar-refractivity contribution is -0.131. The summed E-state index contributed by atoms with van der Waals surface area (Å²) in [5.74, 6) is -0.104. The Morgan fingerprint density at radius 1 is 1.04 bits per heavy atom. The average Bonchev–Trinajstić information content (AvgIpc) is 2.73. The lowest BCUT2D eigenvalue weighted by Crippen LogP contribution is -2.55. The Balaban J connectivity index is 1.78. The molecule has 27 heavy (non-hydrogen) atoms. The first-order valence-electron chi connectivity index (χ1n) is 9.54. The SMILES string of the molecule is CNC(=O)[C@H]1CCCCN1[C@H](C)C(=O)Nc1ccccc1-c1ccccc1. The van der Waals surface area contributed by atoms with Crippen molar-refractivity contribution in [2.75, 3.05) is 18.9 Å². The molecule has 0 aliphatic carbocycles. The lowest BCUT2D eigenvalue weighted by atomic mass is 9.99. The summed E-state index contributed by atoms with van der Waals surface area (Å²) < 4.78 is 0. The molecule has 1 fully saturated rings. The molecular formula is C22H27N3O2. The molecule has 142 valence electrons. The van der Waals surface area contributed by atoms with Gasteiger partial charge >= 0.3 is 0 Å². The molecule has 0 bridgehead atoms. The quantitative estimate of drug-likeness (QED) is 0.855. The number of para-hydroxylation sites is 1. The topological polar surface area (TPSA) is 61.4 Å². The zero-order valence-electron chi connectivity index (χ0n) is 15.9. The van der Waals surface area contributed by atoms with Crippen LogP contribution in [0.2, 0.25) is 0 Å². The van der Waals surface area contributed by atoms with Gasteiger partial charge in [-0.15, -0.1) is 0 Å². The molecule has 1 aliphatic rings. The predicted molar refractivity (Wildman–Crippen MR) is 108 cm³/mol. The number of nitrogens with zero attached hydrogens (tertiary/aromatic N) is 1. The van der Waals surface area contributed by atoms with Crippen LogP contribution in [0.4, 0.5) is 5.69 Å². The minimum atomic E-state index is -0.378. The summed E-state index contributed by atoms with van der Waals surface area (Å²) in [5, 5.41) is 5.80. The van der Waals surface area contributed by atoms with Crippen LogP contribution in [-0.2, 0) is 9.59 Å². The van der Waals surface area contributed by atoms with Gasteiger partial charge in [-0.2, -0.15) is 0 Å². The molecule has 0 unspecified atom stereocenters. The number of hydrogen-bond donors (Lipinski definition) is 2. The Labute approximate surface area is 160 Å².